The molecule has 2 aromatic carbocycles. The van der Waals surface area contributed by atoms with E-state index in [1.807, 2.05) is 37.3 Å². The molecule has 6 heteroatoms. The number of halogens is 1. The zero-order chi connectivity index (χ0) is 18.5. The molecular weight excluding hydrogens is 396 g/mol. The predicted octanol–water partition coefficient (Wildman–Crippen LogP) is 4.79. The molecule has 132 valence electrons. The van der Waals surface area contributed by atoms with Gasteiger partial charge < -0.3 is 15.1 Å². The van der Waals surface area contributed by atoms with E-state index in [0.29, 0.717) is 15.9 Å². The van der Waals surface area contributed by atoms with Gasteiger partial charge in [0, 0.05) is 0 Å². The van der Waals surface area contributed by atoms with Crippen LogP contribution in [-0.2, 0) is 0 Å². The van der Waals surface area contributed by atoms with Crippen LogP contribution in [0.4, 0.5) is 5.69 Å². The molecule has 1 heterocycles. The normalized spacial score (nSPS) is 11.6. The van der Waals surface area contributed by atoms with Crippen molar-refractivity contribution in [1.82, 2.24) is 5.32 Å². The summed E-state index contributed by atoms with van der Waals surface area (Å²) in [4.78, 5) is 25.0. The first-order valence-corrected chi connectivity index (χ1v) is 8.85. The summed E-state index contributed by atoms with van der Waals surface area (Å²) >= 11 is 3.16. The Balaban J connectivity index is 1.76. The Morgan fingerprint density at radius 2 is 1.62 bits per heavy atom. The zero-order valence-electron chi connectivity index (χ0n) is 14.0. The SMILES string of the molecule is CC(NC(=O)c1ccccc1NC(=O)c1ccc(Br)o1)c1ccccc1. The van der Waals surface area contributed by atoms with Crippen LogP contribution in [0.2, 0.25) is 0 Å². The van der Waals surface area contributed by atoms with Gasteiger partial charge in [-0.1, -0.05) is 42.5 Å². The van der Waals surface area contributed by atoms with Crippen LogP contribution in [0, 0.1) is 0 Å². The molecule has 0 aliphatic rings. The quantitative estimate of drug-likeness (QED) is 0.632. The second-order valence-electron chi connectivity index (χ2n) is 5.71. The number of carbonyl (C=O) groups is 2. The van der Waals surface area contributed by atoms with E-state index in [-0.39, 0.29) is 17.7 Å². The number of hydrogen-bond acceptors (Lipinski definition) is 3. The van der Waals surface area contributed by atoms with Crippen LogP contribution < -0.4 is 10.6 Å². The van der Waals surface area contributed by atoms with E-state index < -0.39 is 5.91 Å². The third-order valence-corrected chi connectivity index (χ3v) is 4.29. The number of anilines is 1. The van der Waals surface area contributed by atoms with Crippen LogP contribution in [0.5, 0.6) is 0 Å². The van der Waals surface area contributed by atoms with E-state index >= 15 is 0 Å². The fraction of sp³-hybridized carbons (Fsp3) is 0.100. The van der Waals surface area contributed by atoms with Gasteiger partial charge in [-0.05, 0) is 52.7 Å². The van der Waals surface area contributed by atoms with E-state index in [0.717, 1.165) is 5.56 Å². The molecule has 0 fully saturated rings. The number of rotatable bonds is 5. The van der Waals surface area contributed by atoms with E-state index in [4.69, 9.17) is 4.42 Å². The summed E-state index contributed by atoms with van der Waals surface area (Å²) in [6.07, 6.45) is 0. The minimum absolute atomic E-state index is 0.157. The third-order valence-electron chi connectivity index (χ3n) is 3.86. The molecule has 2 N–H and O–H groups in total. The highest BCUT2D eigenvalue weighted by atomic mass is 79.9. The summed E-state index contributed by atoms with van der Waals surface area (Å²) in [5.74, 6) is -0.533. The van der Waals surface area contributed by atoms with Gasteiger partial charge in [-0.15, -0.1) is 0 Å². The van der Waals surface area contributed by atoms with Crippen LogP contribution in [-0.4, -0.2) is 11.8 Å². The minimum Gasteiger partial charge on any atom is -0.444 e. The Morgan fingerprint density at radius 1 is 0.923 bits per heavy atom. The second-order valence-corrected chi connectivity index (χ2v) is 6.49. The number of nitrogens with one attached hydrogen (secondary N) is 2. The minimum atomic E-state index is -0.424. The Bertz CT molecular complexity index is 922. The molecular formula is C20H17BrN2O3. The molecule has 2 amide bonds. The molecule has 3 rings (SSSR count). The highest BCUT2D eigenvalue weighted by Crippen LogP contribution is 2.20. The van der Waals surface area contributed by atoms with Gasteiger partial charge in [0.1, 0.15) is 0 Å². The fourth-order valence-corrected chi connectivity index (χ4v) is 2.82. The van der Waals surface area contributed by atoms with Gasteiger partial charge in [-0.2, -0.15) is 0 Å². The van der Waals surface area contributed by atoms with Crippen LogP contribution in [0.1, 0.15) is 39.4 Å². The van der Waals surface area contributed by atoms with E-state index in [1.165, 1.54) is 0 Å². The molecule has 0 bridgehead atoms. The average Bonchev–Trinajstić information content (AvgIpc) is 3.09. The summed E-state index contributed by atoms with van der Waals surface area (Å²) in [6, 6.07) is 19.6. The van der Waals surface area contributed by atoms with Crippen LogP contribution in [0.3, 0.4) is 0 Å². The standard InChI is InChI=1S/C20H17BrN2O3/c1-13(14-7-3-2-4-8-14)22-19(24)15-9-5-6-10-16(15)23-20(25)17-11-12-18(21)26-17/h2-13H,1H3,(H,22,24)(H,23,25). The van der Waals surface area contributed by atoms with Crippen molar-refractivity contribution in [2.24, 2.45) is 0 Å². The largest absolute Gasteiger partial charge is 0.444 e. The molecule has 5 nitrogen and oxygen atoms in total. The number of amides is 2. The van der Waals surface area contributed by atoms with Crippen molar-refractivity contribution in [2.75, 3.05) is 5.32 Å². The van der Waals surface area contributed by atoms with Crippen molar-refractivity contribution in [3.63, 3.8) is 0 Å². The van der Waals surface area contributed by atoms with Gasteiger partial charge in [0.15, 0.2) is 10.4 Å². The van der Waals surface area contributed by atoms with Gasteiger partial charge in [0.25, 0.3) is 11.8 Å². The third kappa shape index (κ3) is 4.21. The van der Waals surface area contributed by atoms with Gasteiger partial charge in [-0.25, -0.2) is 0 Å². The molecule has 0 saturated heterocycles. The number of carbonyl (C=O) groups excluding carboxylic acids is 2. The van der Waals surface area contributed by atoms with Crippen molar-refractivity contribution in [3.05, 3.63) is 88.3 Å². The maximum atomic E-state index is 12.7. The van der Waals surface area contributed by atoms with Crippen molar-refractivity contribution in [3.8, 4) is 0 Å². The fourth-order valence-electron chi connectivity index (χ4n) is 2.51. The van der Waals surface area contributed by atoms with Crippen molar-refractivity contribution in [2.45, 2.75) is 13.0 Å². The topological polar surface area (TPSA) is 71.3 Å². The average molecular weight is 413 g/mol. The van der Waals surface area contributed by atoms with Gasteiger partial charge >= 0.3 is 0 Å². The number of para-hydroxylation sites is 1. The monoisotopic (exact) mass is 412 g/mol. The number of hydrogen-bond donors (Lipinski definition) is 2. The molecule has 0 aliphatic heterocycles. The highest BCUT2D eigenvalue weighted by Gasteiger charge is 2.17. The smallest absolute Gasteiger partial charge is 0.291 e. The van der Waals surface area contributed by atoms with Crippen LogP contribution in [0.25, 0.3) is 0 Å². The molecule has 0 spiro atoms. The second kappa shape index (κ2) is 8.01. The first-order chi connectivity index (χ1) is 12.5. The summed E-state index contributed by atoms with van der Waals surface area (Å²) in [5.41, 5.74) is 1.81. The van der Waals surface area contributed by atoms with Gasteiger partial charge in [0.05, 0.1) is 17.3 Å². The maximum absolute atomic E-state index is 12.7. The lowest BCUT2D eigenvalue weighted by Gasteiger charge is -2.16. The predicted molar refractivity (Wildman–Crippen MR) is 103 cm³/mol. The summed E-state index contributed by atoms with van der Waals surface area (Å²) in [5, 5.41) is 5.67. The van der Waals surface area contributed by atoms with E-state index in [9.17, 15) is 9.59 Å². The van der Waals surface area contributed by atoms with E-state index in [2.05, 4.69) is 26.6 Å². The van der Waals surface area contributed by atoms with E-state index in [1.54, 1.807) is 36.4 Å². The van der Waals surface area contributed by atoms with Crippen molar-refractivity contribution < 1.29 is 14.0 Å². The molecule has 0 saturated carbocycles. The van der Waals surface area contributed by atoms with Crippen molar-refractivity contribution >= 4 is 33.4 Å². The maximum Gasteiger partial charge on any atom is 0.291 e. The molecule has 1 unspecified atom stereocenters. The van der Waals surface area contributed by atoms with Crippen LogP contribution >= 0.6 is 15.9 Å². The van der Waals surface area contributed by atoms with Crippen molar-refractivity contribution in [1.29, 1.82) is 0 Å². The molecule has 26 heavy (non-hydrogen) atoms. The first-order valence-electron chi connectivity index (χ1n) is 8.06. The van der Waals surface area contributed by atoms with Gasteiger partial charge in [0.2, 0.25) is 0 Å². The summed E-state index contributed by atoms with van der Waals surface area (Å²) in [6.45, 7) is 1.91. The van der Waals surface area contributed by atoms with Gasteiger partial charge in [-0.3, -0.25) is 9.59 Å². The summed E-state index contributed by atoms with van der Waals surface area (Å²) < 4.78 is 5.71. The first kappa shape index (κ1) is 17.9. The number of furan rings is 1. The number of benzene rings is 2. The molecule has 0 radical (unpaired) electrons. The Kier molecular flexibility index (Phi) is 5.53. The lowest BCUT2D eigenvalue weighted by molar-refractivity contribution is 0.0941. The molecule has 1 aromatic heterocycles. The molecule has 3 aromatic rings. The Hall–Kier alpha value is -2.86. The molecule has 1 atom stereocenters. The lowest BCUT2D eigenvalue weighted by atomic mass is 10.1. The van der Waals surface area contributed by atoms with Crippen LogP contribution in [0.15, 0.2) is 75.8 Å². The zero-order valence-corrected chi connectivity index (χ0v) is 15.6. The summed E-state index contributed by atoms with van der Waals surface area (Å²) in [7, 11) is 0. The Morgan fingerprint density at radius 3 is 2.31 bits per heavy atom. The molecule has 0 aliphatic carbocycles. The highest BCUT2D eigenvalue weighted by molar-refractivity contribution is 9.10. The Labute approximate surface area is 159 Å². The lowest BCUT2D eigenvalue weighted by Crippen LogP contribution is -2.28.